The Labute approximate surface area is 218 Å². The van der Waals surface area contributed by atoms with Crippen LogP contribution in [0.3, 0.4) is 0 Å². The van der Waals surface area contributed by atoms with Gasteiger partial charge in [0, 0.05) is 53.3 Å². The first kappa shape index (κ1) is 25.0. The van der Waals surface area contributed by atoms with E-state index < -0.39 is 6.03 Å². The van der Waals surface area contributed by atoms with E-state index in [4.69, 9.17) is 15.8 Å². The van der Waals surface area contributed by atoms with Gasteiger partial charge in [0.2, 0.25) is 0 Å². The van der Waals surface area contributed by atoms with Gasteiger partial charge in [-0.25, -0.2) is 18.6 Å². The number of hydrogen-bond donors (Lipinski definition) is 1. The van der Waals surface area contributed by atoms with Gasteiger partial charge in [-0.05, 0) is 73.5 Å². The summed E-state index contributed by atoms with van der Waals surface area (Å²) in [4.78, 5) is 22.5. The first-order valence-electron chi connectivity index (χ1n) is 12.2. The number of carbonyl (C=O) groups excluding carboxylic acids is 1. The van der Waals surface area contributed by atoms with Crippen LogP contribution in [0.4, 0.5) is 13.6 Å². The highest BCUT2D eigenvalue weighted by Crippen LogP contribution is 2.42. The minimum absolute atomic E-state index is 0.0613. The predicted octanol–water partition coefficient (Wildman–Crippen LogP) is 5.89. The van der Waals surface area contributed by atoms with Crippen molar-refractivity contribution in [1.82, 2.24) is 24.6 Å². The SMILES string of the molecule is CC(C)N(CCn1cc2c(-c3ccc(F)cc3)c(-c3ccncc3)c(-c3ccc(F)cc3)nc2n1)C(N)=O. The predicted molar refractivity (Wildman–Crippen MR) is 143 cm³/mol. The number of urea groups is 1. The molecular formula is C29H26F2N6O. The van der Waals surface area contributed by atoms with Crippen molar-refractivity contribution in [2.75, 3.05) is 6.54 Å². The monoisotopic (exact) mass is 512 g/mol. The highest BCUT2D eigenvalue weighted by molar-refractivity contribution is 6.05. The average molecular weight is 513 g/mol. The van der Waals surface area contributed by atoms with E-state index in [-0.39, 0.29) is 17.7 Å². The minimum Gasteiger partial charge on any atom is -0.351 e. The number of amides is 2. The Balaban J connectivity index is 1.76. The number of benzene rings is 2. The molecule has 3 heterocycles. The lowest BCUT2D eigenvalue weighted by molar-refractivity contribution is 0.189. The van der Waals surface area contributed by atoms with Crippen molar-refractivity contribution in [2.24, 2.45) is 5.73 Å². The van der Waals surface area contributed by atoms with Crippen LogP contribution in [0.25, 0.3) is 44.5 Å². The van der Waals surface area contributed by atoms with Gasteiger partial charge < -0.3 is 10.6 Å². The highest BCUT2D eigenvalue weighted by atomic mass is 19.1. The van der Waals surface area contributed by atoms with Crippen LogP contribution in [0, 0.1) is 11.6 Å². The van der Waals surface area contributed by atoms with E-state index in [1.807, 2.05) is 32.2 Å². The standard InChI is InChI=1S/C29H26F2N6O/c1-18(2)37(29(32)38)16-15-36-17-24-25(19-3-7-22(30)8-4-19)26(20-11-13-33-14-12-20)27(34-28(24)35-36)21-5-9-23(31)10-6-21/h3-14,17-18H,15-16H2,1-2H3,(H2,32,38). The zero-order valence-corrected chi connectivity index (χ0v) is 21.0. The Hall–Kier alpha value is -4.66. The summed E-state index contributed by atoms with van der Waals surface area (Å²) < 4.78 is 29.5. The van der Waals surface area contributed by atoms with E-state index in [1.165, 1.54) is 24.3 Å². The number of primary amides is 1. The maximum atomic E-state index is 13.9. The second-order valence-corrected chi connectivity index (χ2v) is 9.21. The molecule has 2 amide bonds. The summed E-state index contributed by atoms with van der Waals surface area (Å²) in [7, 11) is 0. The molecular weight excluding hydrogens is 486 g/mol. The third kappa shape index (κ3) is 4.95. The Morgan fingerprint density at radius 3 is 2.05 bits per heavy atom. The van der Waals surface area contributed by atoms with E-state index in [2.05, 4.69) is 4.98 Å². The normalized spacial score (nSPS) is 11.3. The van der Waals surface area contributed by atoms with Crippen molar-refractivity contribution >= 4 is 17.1 Å². The molecule has 0 aliphatic carbocycles. The number of fused-ring (bicyclic) bond motifs is 1. The van der Waals surface area contributed by atoms with Gasteiger partial charge in [0.25, 0.3) is 0 Å². The number of nitrogens with zero attached hydrogens (tertiary/aromatic N) is 5. The van der Waals surface area contributed by atoms with Gasteiger partial charge in [0.05, 0.1) is 12.2 Å². The lowest BCUT2D eigenvalue weighted by Crippen LogP contribution is -2.42. The molecule has 0 spiro atoms. The molecule has 5 aromatic rings. The summed E-state index contributed by atoms with van der Waals surface area (Å²) >= 11 is 0. The van der Waals surface area contributed by atoms with Crippen LogP contribution >= 0.6 is 0 Å². The summed E-state index contributed by atoms with van der Waals surface area (Å²) in [5.41, 5.74) is 10.6. The molecule has 3 aromatic heterocycles. The first-order valence-corrected chi connectivity index (χ1v) is 12.2. The Kier molecular flexibility index (Phi) is 6.83. The van der Waals surface area contributed by atoms with Crippen molar-refractivity contribution < 1.29 is 13.6 Å². The molecule has 2 aromatic carbocycles. The largest absolute Gasteiger partial charge is 0.351 e. The molecule has 0 fully saturated rings. The maximum Gasteiger partial charge on any atom is 0.315 e. The third-order valence-corrected chi connectivity index (χ3v) is 6.41. The van der Waals surface area contributed by atoms with E-state index in [1.54, 1.807) is 46.2 Å². The van der Waals surface area contributed by atoms with Crippen molar-refractivity contribution in [3.05, 3.63) is 90.9 Å². The average Bonchev–Trinajstić information content (AvgIpc) is 3.31. The summed E-state index contributed by atoms with van der Waals surface area (Å²) in [6.45, 7) is 4.56. The van der Waals surface area contributed by atoms with Crippen LogP contribution in [-0.2, 0) is 6.54 Å². The number of halogens is 2. The van der Waals surface area contributed by atoms with Gasteiger partial charge in [0.15, 0.2) is 5.65 Å². The zero-order valence-electron chi connectivity index (χ0n) is 21.0. The summed E-state index contributed by atoms with van der Waals surface area (Å²) in [5, 5.41) is 5.47. The summed E-state index contributed by atoms with van der Waals surface area (Å²) in [6.07, 6.45) is 5.26. The topological polar surface area (TPSA) is 89.9 Å². The fraction of sp³-hybridized carbons (Fsp3) is 0.172. The molecule has 7 nitrogen and oxygen atoms in total. The molecule has 9 heteroatoms. The second kappa shape index (κ2) is 10.4. The molecule has 0 bridgehead atoms. The van der Waals surface area contributed by atoms with Crippen LogP contribution in [0.5, 0.6) is 0 Å². The van der Waals surface area contributed by atoms with E-state index >= 15 is 0 Å². The number of carbonyl (C=O) groups is 1. The molecule has 192 valence electrons. The smallest absolute Gasteiger partial charge is 0.315 e. The van der Waals surface area contributed by atoms with Crippen molar-refractivity contribution in [1.29, 1.82) is 0 Å². The molecule has 0 aliphatic rings. The van der Waals surface area contributed by atoms with Crippen LogP contribution in [-0.4, -0.2) is 43.3 Å². The minimum atomic E-state index is -0.500. The molecule has 0 radical (unpaired) electrons. The van der Waals surface area contributed by atoms with Crippen LogP contribution < -0.4 is 5.73 Å². The van der Waals surface area contributed by atoms with Gasteiger partial charge in [-0.2, -0.15) is 5.10 Å². The first-order chi connectivity index (χ1) is 18.3. The third-order valence-electron chi connectivity index (χ3n) is 6.41. The fourth-order valence-corrected chi connectivity index (χ4v) is 4.57. The Bertz CT molecular complexity index is 1580. The van der Waals surface area contributed by atoms with Crippen molar-refractivity contribution in [2.45, 2.75) is 26.4 Å². The fourth-order valence-electron chi connectivity index (χ4n) is 4.57. The molecule has 0 unspecified atom stereocenters. The highest BCUT2D eigenvalue weighted by Gasteiger charge is 2.22. The molecule has 0 atom stereocenters. The number of rotatable bonds is 7. The lowest BCUT2D eigenvalue weighted by atomic mass is 9.90. The van der Waals surface area contributed by atoms with Crippen molar-refractivity contribution in [3.8, 4) is 33.5 Å². The zero-order chi connectivity index (χ0) is 26.8. The van der Waals surface area contributed by atoms with E-state index in [0.717, 1.165) is 27.6 Å². The number of hydrogen-bond acceptors (Lipinski definition) is 4. The molecule has 5 rings (SSSR count). The number of pyridine rings is 2. The van der Waals surface area contributed by atoms with Gasteiger partial charge in [0.1, 0.15) is 11.6 Å². The van der Waals surface area contributed by atoms with Gasteiger partial charge in [-0.1, -0.05) is 12.1 Å². The van der Waals surface area contributed by atoms with Gasteiger partial charge in [-0.3, -0.25) is 9.67 Å². The quantitative estimate of drug-likeness (QED) is 0.294. The molecule has 2 N–H and O–H groups in total. The van der Waals surface area contributed by atoms with Crippen LogP contribution in [0.15, 0.2) is 79.3 Å². The van der Waals surface area contributed by atoms with Crippen molar-refractivity contribution in [3.63, 3.8) is 0 Å². The molecule has 0 saturated carbocycles. The molecule has 0 saturated heterocycles. The lowest BCUT2D eigenvalue weighted by Gasteiger charge is -2.24. The van der Waals surface area contributed by atoms with Crippen LogP contribution in [0.2, 0.25) is 0 Å². The second-order valence-electron chi connectivity index (χ2n) is 9.21. The number of aromatic nitrogens is 4. The van der Waals surface area contributed by atoms with E-state index in [9.17, 15) is 13.6 Å². The maximum absolute atomic E-state index is 13.9. The van der Waals surface area contributed by atoms with Gasteiger partial charge in [-0.15, -0.1) is 0 Å². The molecule has 38 heavy (non-hydrogen) atoms. The summed E-state index contributed by atoms with van der Waals surface area (Å²) in [5.74, 6) is -0.702. The summed E-state index contributed by atoms with van der Waals surface area (Å²) in [6, 6.07) is 15.6. The molecule has 0 aliphatic heterocycles. The van der Waals surface area contributed by atoms with E-state index in [0.29, 0.717) is 30.0 Å². The Morgan fingerprint density at radius 2 is 1.47 bits per heavy atom. The van der Waals surface area contributed by atoms with Gasteiger partial charge >= 0.3 is 6.03 Å². The van der Waals surface area contributed by atoms with Crippen LogP contribution in [0.1, 0.15) is 13.8 Å². The Morgan fingerprint density at radius 1 is 0.895 bits per heavy atom. The number of nitrogens with two attached hydrogens (primary N) is 1.